The van der Waals surface area contributed by atoms with Crippen LogP contribution in [0.1, 0.15) is 45.1 Å². The van der Waals surface area contributed by atoms with Crippen LogP contribution in [0.3, 0.4) is 0 Å². The maximum atomic E-state index is 13.0. The summed E-state index contributed by atoms with van der Waals surface area (Å²) in [6.07, 6.45) is 4.49. The Morgan fingerprint density at radius 1 is 1.25 bits per heavy atom. The van der Waals surface area contributed by atoms with Crippen molar-refractivity contribution in [1.29, 1.82) is 0 Å². The zero-order valence-electron chi connectivity index (χ0n) is 12.4. The van der Waals surface area contributed by atoms with Crippen molar-refractivity contribution in [3.63, 3.8) is 0 Å². The van der Waals surface area contributed by atoms with Crippen molar-refractivity contribution >= 4 is 17.5 Å². The highest BCUT2D eigenvalue weighted by Gasteiger charge is 2.36. The van der Waals surface area contributed by atoms with Gasteiger partial charge in [0.05, 0.1) is 5.41 Å². The summed E-state index contributed by atoms with van der Waals surface area (Å²) in [7, 11) is 0. The average molecular weight is 294 g/mol. The quantitative estimate of drug-likeness (QED) is 0.772. The highest BCUT2D eigenvalue weighted by atomic mass is 35.5. The molecule has 1 aliphatic heterocycles. The smallest absolute Gasteiger partial charge is 0.232 e. The highest BCUT2D eigenvalue weighted by molar-refractivity contribution is 6.18. The van der Waals surface area contributed by atoms with Gasteiger partial charge in [-0.3, -0.25) is 4.79 Å². The minimum absolute atomic E-state index is 0.189. The second-order valence-electron chi connectivity index (χ2n) is 6.15. The second kappa shape index (κ2) is 6.62. The Balaban J connectivity index is 2.24. The number of rotatable bonds is 3. The fourth-order valence-electron chi connectivity index (χ4n) is 2.94. The summed E-state index contributed by atoms with van der Waals surface area (Å²) < 4.78 is 0. The zero-order valence-corrected chi connectivity index (χ0v) is 13.2. The van der Waals surface area contributed by atoms with Crippen molar-refractivity contribution in [2.75, 3.05) is 12.4 Å². The molecule has 0 aliphatic carbocycles. The molecule has 1 atom stereocenters. The number of carbonyl (C=O) groups excluding carboxylic acids is 1. The minimum Gasteiger partial charge on any atom is -0.338 e. The molecule has 3 heteroatoms. The summed E-state index contributed by atoms with van der Waals surface area (Å²) in [5, 5.41) is 0. The van der Waals surface area contributed by atoms with Gasteiger partial charge in [-0.1, -0.05) is 43.2 Å². The van der Waals surface area contributed by atoms with Gasteiger partial charge in [0.25, 0.3) is 0 Å². The van der Waals surface area contributed by atoms with Gasteiger partial charge in [0.15, 0.2) is 0 Å². The molecule has 0 bridgehead atoms. The van der Waals surface area contributed by atoms with Gasteiger partial charge in [-0.2, -0.15) is 0 Å². The number of carbonyl (C=O) groups is 1. The normalized spacial score (nSPS) is 20.6. The fraction of sp³-hybridized carbons (Fsp3) is 0.588. The predicted octanol–water partition coefficient (Wildman–Crippen LogP) is 3.97. The molecule has 0 aromatic heterocycles. The molecule has 2 rings (SSSR count). The maximum Gasteiger partial charge on any atom is 0.232 e. The Bertz CT molecular complexity index is 444. The first-order chi connectivity index (χ1) is 9.57. The molecule has 1 unspecified atom stereocenters. The monoisotopic (exact) mass is 293 g/mol. The van der Waals surface area contributed by atoms with Crippen LogP contribution in [0.2, 0.25) is 0 Å². The van der Waals surface area contributed by atoms with E-state index in [2.05, 4.69) is 0 Å². The van der Waals surface area contributed by atoms with E-state index in [1.165, 1.54) is 12.8 Å². The number of halogens is 1. The van der Waals surface area contributed by atoms with Crippen LogP contribution in [0, 0.1) is 0 Å². The molecule has 1 aromatic carbocycles. The molecule has 1 heterocycles. The third-order valence-electron chi connectivity index (χ3n) is 4.35. The lowest BCUT2D eigenvalue weighted by atomic mass is 9.83. The van der Waals surface area contributed by atoms with Crippen LogP contribution in [0.15, 0.2) is 30.3 Å². The van der Waals surface area contributed by atoms with Crippen molar-refractivity contribution < 1.29 is 4.79 Å². The highest BCUT2D eigenvalue weighted by Crippen LogP contribution is 2.29. The maximum absolute atomic E-state index is 13.0. The van der Waals surface area contributed by atoms with Gasteiger partial charge in [0.2, 0.25) is 5.91 Å². The number of amides is 1. The standard InChI is InChI=1S/C17H24ClNO/c1-17(2,14-9-5-3-6-10-14)16(20)19-12-8-4-7-11-15(19)13-18/h3,5-6,9-10,15H,4,7-8,11-13H2,1-2H3. The van der Waals surface area contributed by atoms with Crippen molar-refractivity contribution in [3.05, 3.63) is 35.9 Å². The van der Waals surface area contributed by atoms with Crippen LogP contribution in [0.25, 0.3) is 0 Å². The number of hydrogen-bond acceptors (Lipinski definition) is 1. The Labute approximate surface area is 127 Å². The van der Waals surface area contributed by atoms with E-state index in [9.17, 15) is 4.79 Å². The number of likely N-dealkylation sites (tertiary alicyclic amines) is 1. The second-order valence-corrected chi connectivity index (χ2v) is 6.46. The van der Waals surface area contributed by atoms with E-state index in [1.54, 1.807) is 0 Å². The average Bonchev–Trinajstić information content (AvgIpc) is 2.72. The van der Waals surface area contributed by atoms with Gasteiger partial charge in [0.1, 0.15) is 0 Å². The molecule has 1 saturated heterocycles. The van der Waals surface area contributed by atoms with Gasteiger partial charge >= 0.3 is 0 Å². The van der Waals surface area contributed by atoms with Crippen LogP contribution in [-0.2, 0) is 10.2 Å². The predicted molar refractivity (Wildman–Crippen MR) is 84.2 cm³/mol. The van der Waals surface area contributed by atoms with E-state index in [4.69, 9.17) is 11.6 Å². The first-order valence-corrected chi connectivity index (χ1v) is 8.03. The SMILES string of the molecule is CC(C)(C(=O)N1CCCCCC1CCl)c1ccccc1. The first kappa shape index (κ1) is 15.4. The van der Waals surface area contributed by atoms with Crippen LogP contribution in [0.4, 0.5) is 0 Å². The summed E-state index contributed by atoms with van der Waals surface area (Å²) in [4.78, 5) is 15.0. The largest absolute Gasteiger partial charge is 0.338 e. The van der Waals surface area contributed by atoms with Crippen LogP contribution >= 0.6 is 11.6 Å². The molecular weight excluding hydrogens is 270 g/mol. The summed E-state index contributed by atoms with van der Waals surface area (Å²) in [5.41, 5.74) is 0.582. The number of nitrogens with zero attached hydrogens (tertiary/aromatic N) is 1. The molecule has 1 fully saturated rings. The van der Waals surface area contributed by atoms with E-state index in [1.807, 2.05) is 49.1 Å². The molecule has 0 radical (unpaired) electrons. The summed E-state index contributed by atoms with van der Waals surface area (Å²) in [6.45, 7) is 4.87. The zero-order chi connectivity index (χ0) is 14.6. The molecule has 1 aliphatic rings. The van der Waals surface area contributed by atoms with Crippen molar-refractivity contribution in [1.82, 2.24) is 4.90 Å². The molecule has 0 spiro atoms. The van der Waals surface area contributed by atoms with Gasteiger partial charge in [-0.05, 0) is 32.3 Å². The van der Waals surface area contributed by atoms with Gasteiger partial charge in [-0.15, -0.1) is 11.6 Å². The van der Waals surface area contributed by atoms with Crippen molar-refractivity contribution in [3.8, 4) is 0 Å². The number of hydrogen-bond donors (Lipinski definition) is 0. The first-order valence-electron chi connectivity index (χ1n) is 7.50. The minimum atomic E-state index is -0.490. The molecule has 2 nitrogen and oxygen atoms in total. The van der Waals surface area contributed by atoms with E-state index in [-0.39, 0.29) is 11.9 Å². The van der Waals surface area contributed by atoms with Gasteiger partial charge in [0, 0.05) is 18.5 Å². The molecule has 1 aromatic rings. The van der Waals surface area contributed by atoms with Crippen LogP contribution in [-0.4, -0.2) is 29.3 Å². The Morgan fingerprint density at radius 3 is 2.60 bits per heavy atom. The van der Waals surface area contributed by atoms with Crippen molar-refractivity contribution in [2.24, 2.45) is 0 Å². The topological polar surface area (TPSA) is 20.3 Å². The van der Waals surface area contributed by atoms with Crippen LogP contribution in [0.5, 0.6) is 0 Å². The lowest BCUT2D eigenvalue weighted by Crippen LogP contribution is -2.49. The third-order valence-corrected chi connectivity index (χ3v) is 4.70. The van der Waals surface area contributed by atoms with Gasteiger partial charge in [-0.25, -0.2) is 0 Å². The Kier molecular flexibility index (Phi) is 5.09. The lowest BCUT2D eigenvalue weighted by molar-refractivity contribution is -0.138. The molecule has 0 saturated carbocycles. The summed E-state index contributed by atoms with van der Waals surface area (Å²) in [5.74, 6) is 0.743. The molecule has 20 heavy (non-hydrogen) atoms. The van der Waals surface area contributed by atoms with E-state index in [0.29, 0.717) is 5.88 Å². The molecule has 110 valence electrons. The van der Waals surface area contributed by atoms with E-state index < -0.39 is 5.41 Å². The van der Waals surface area contributed by atoms with Crippen LogP contribution < -0.4 is 0 Å². The van der Waals surface area contributed by atoms with Crippen molar-refractivity contribution in [2.45, 2.75) is 51.0 Å². The lowest BCUT2D eigenvalue weighted by Gasteiger charge is -2.36. The molecule has 1 amide bonds. The number of benzene rings is 1. The Morgan fingerprint density at radius 2 is 1.95 bits per heavy atom. The summed E-state index contributed by atoms with van der Waals surface area (Å²) in [6, 6.07) is 10.2. The third kappa shape index (κ3) is 3.17. The molecule has 0 N–H and O–H groups in total. The molecular formula is C17H24ClNO. The summed E-state index contributed by atoms with van der Waals surface area (Å²) >= 11 is 6.09. The number of alkyl halides is 1. The van der Waals surface area contributed by atoms with E-state index in [0.717, 1.165) is 24.9 Å². The van der Waals surface area contributed by atoms with Gasteiger partial charge < -0.3 is 4.90 Å². The van der Waals surface area contributed by atoms with E-state index >= 15 is 0 Å². The Hall–Kier alpha value is -1.02. The fourth-order valence-corrected chi connectivity index (χ4v) is 3.26.